The number of hydrogen-bond donors (Lipinski definition) is 1. The molecule has 3 saturated heterocycles. The van der Waals surface area contributed by atoms with Crippen LogP contribution in [0.15, 0.2) is 24.3 Å². The van der Waals surface area contributed by atoms with Crippen molar-refractivity contribution in [2.45, 2.75) is 50.7 Å². The number of para-hydroxylation sites is 1. The van der Waals surface area contributed by atoms with Crippen molar-refractivity contribution in [3.8, 4) is 0 Å². The van der Waals surface area contributed by atoms with Crippen LogP contribution in [0, 0.1) is 0 Å². The first kappa shape index (κ1) is 17.8. The van der Waals surface area contributed by atoms with Gasteiger partial charge in [0.2, 0.25) is 0 Å². The van der Waals surface area contributed by atoms with Crippen molar-refractivity contribution in [2.24, 2.45) is 0 Å². The Balaban J connectivity index is 1.39. The highest BCUT2D eigenvalue weighted by Gasteiger charge is 2.31. The summed E-state index contributed by atoms with van der Waals surface area (Å²) >= 11 is 0. The van der Waals surface area contributed by atoms with Gasteiger partial charge in [-0.1, -0.05) is 12.1 Å². The normalized spacial score (nSPS) is 25.7. The Morgan fingerprint density at radius 1 is 0.923 bits per heavy atom. The molecule has 0 radical (unpaired) electrons. The summed E-state index contributed by atoms with van der Waals surface area (Å²) in [5.74, 6) is 0.185. The summed E-state index contributed by atoms with van der Waals surface area (Å²) in [6.07, 6.45) is 6.32. The molecule has 26 heavy (non-hydrogen) atoms. The minimum Gasteiger partial charge on any atom is -0.392 e. The largest absolute Gasteiger partial charge is 0.392 e. The molecule has 0 saturated carbocycles. The maximum atomic E-state index is 13.2. The van der Waals surface area contributed by atoms with Gasteiger partial charge in [-0.2, -0.15) is 0 Å². The molecule has 0 aromatic heterocycles. The van der Waals surface area contributed by atoms with Gasteiger partial charge in [-0.05, 0) is 57.2 Å². The molecule has 0 bridgehead atoms. The number of nitrogens with zero attached hydrogens (tertiary/aromatic N) is 3. The highest BCUT2D eigenvalue weighted by molar-refractivity contribution is 6.00. The summed E-state index contributed by atoms with van der Waals surface area (Å²) in [5.41, 5.74) is 1.97. The van der Waals surface area contributed by atoms with E-state index in [0.717, 1.165) is 76.2 Å². The SMILES string of the molecule is O=C(c1ccccc1N1CCCC1)N1CCC(N2CCCC(O)C2)CC1. The standard InChI is InChI=1S/C21H31N3O2/c25-18-6-5-13-24(16-18)17-9-14-23(15-10-17)21(26)19-7-1-2-8-20(19)22-11-3-4-12-22/h1-2,7-8,17-18,25H,3-6,9-16H2. The molecule has 1 unspecified atom stereocenters. The summed E-state index contributed by atoms with van der Waals surface area (Å²) < 4.78 is 0. The molecule has 5 heteroatoms. The van der Waals surface area contributed by atoms with Crippen LogP contribution in [0.1, 0.15) is 48.9 Å². The average molecular weight is 357 g/mol. The Bertz CT molecular complexity index is 621. The Hall–Kier alpha value is -1.59. The highest BCUT2D eigenvalue weighted by Crippen LogP contribution is 2.27. The maximum absolute atomic E-state index is 13.2. The van der Waals surface area contributed by atoms with Gasteiger partial charge in [0, 0.05) is 44.5 Å². The molecule has 3 heterocycles. The average Bonchev–Trinajstić information content (AvgIpc) is 3.22. The van der Waals surface area contributed by atoms with Crippen LogP contribution >= 0.6 is 0 Å². The van der Waals surface area contributed by atoms with Gasteiger partial charge in [0.1, 0.15) is 0 Å². The number of aliphatic hydroxyl groups is 1. The number of aliphatic hydroxyl groups excluding tert-OH is 1. The molecule has 1 N–H and O–H groups in total. The second-order valence-corrected chi connectivity index (χ2v) is 8.03. The molecule has 1 amide bonds. The lowest BCUT2D eigenvalue weighted by Crippen LogP contribution is -2.50. The highest BCUT2D eigenvalue weighted by atomic mass is 16.3. The van der Waals surface area contributed by atoms with Gasteiger partial charge in [-0.25, -0.2) is 0 Å². The van der Waals surface area contributed by atoms with Crippen molar-refractivity contribution < 1.29 is 9.90 Å². The fraction of sp³-hybridized carbons (Fsp3) is 0.667. The summed E-state index contributed by atoms with van der Waals surface area (Å²) in [6, 6.07) is 8.62. The first-order valence-electron chi connectivity index (χ1n) is 10.3. The molecule has 3 fully saturated rings. The van der Waals surface area contributed by atoms with Gasteiger partial charge >= 0.3 is 0 Å². The summed E-state index contributed by atoms with van der Waals surface area (Å²) in [4.78, 5) is 20.0. The van der Waals surface area contributed by atoms with Crippen LogP contribution in [0.25, 0.3) is 0 Å². The first-order chi connectivity index (χ1) is 12.7. The molecule has 5 nitrogen and oxygen atoms in total. The summed E-state index contributed by atoms with van der Waals surface area (Å²) in [6.45, 7) is 5.66. The van der Waals surface area contributed by atoms with Gasteiger partial charge in [0.25, 0.3) is 5.91 Å². The number of hydrogen-bond acceptors (Lipinski definition) is 4. The van der Waals surface area contributed by atoms with Crippen LogP contribution in [0.5, 0.6) is 0 Å². The van der Waals surface area contributed by atoms with Gasteiger partial charge in [-0.15, -0.1) is 0 Å². The molecule has 0 spiro atoms. The predicted octanol–water partition coefficient (Wildman–Crippen LogP) is 2.35. The summed E-state index contributed by atoms with van der Waals surface area (Å²) in [7, 11) is 0. The van der Waals surface area contributed by atoms with E-state index in [1.807, 2.05) is 23.1 Å². The third-order valence-corrected chi connectivity index (χ3v) is 6.28. The molecular weight excluding hydrogens is 326 g/mol. The molecule has 3 aliphatic rings. The van der Waals surface area contributed by atoms with Crippen molar-refractivity contribution in [3.63, 3.8) is 0 Å². The molecular formula is C21H31N3O2. The summed E-state index contributed by atoms with van der Waals surface area (Å²) in [5, 5.41) is 9.92. The maximum Gasteiger partial charge on any atom is 0.255 e. The molecule has 4 rings (SSSR count). The third kappa shape index (κ3) is 3.74. The van der Waals surface area contributed by atoms with Gasteiger partial charge in [0.05, 0.1) is 11.7 Å². The van der Waals surface area contributed by atoms with Crippen LogP contribution in [-0.2, 0) is 0 Å². The number of piperidine rings is 2. The van der Waals surface area contributed by atoms with Crippen LogP contribution in [-0.4, -0.2) is 72.2 Å². The number of carbonyl (C=O) groups is 1. The third-order valence-electron chi connectivity index (χ3n) is 6.28. The van der Waals surface area contributed by atoms with E-state index in [1.54, 1.807) is 0 Å². The van der Waals surface area contributed by atoms with E-state index < -0.39 is 0 Å². The van der Waals surface area contributed by atoms with Crippen molar-refractivity contribution in [2.75, 3.05) is 44.2 Å². The minimum absolute atomic E-state index is 0.171. The second-order valence-electron chi connectivity index (χ2n) is 8.03. The number of anilines is 1. The Morgan fingerprint density at radius 2 is 1.65 bits per heavy atom. The van der Waals surface area contributed by atoms with Crippen LogP contribution in [0.3, 0.4) is 0 Å². The first-order valence-corrected chi connectivity index (χ1v) is 10.3. The van der Waals surface area contributed by atoms with E-state index in [2.05, 4.69) is 15.9 Å². The van der Waals surface area contributed by atoms with E-state index in [1.165, 1.54) is 12.8 Å². The van der Waals surface area contributed by atoms with Gasteiger partial charge in [0.15, 0.2) is 0 Å². The molecule has 0 aliphatic carbocycles. The van der Waals surface area contributed by atoms with Crippen LogP contribution in [0.4, 0.5) is 5.69 Å². The van der Waals surface area contributed by atoms with Gasteiger partial charge < -0.3 is 14.9 Å². The number of carbonyl (C=O) groups excluding carboxylic acids is 1. The molecule has 142 valence electrons. The van der Waals surface area contributed by atoms with Crippen molar-refractivity contribution in [1.82, 2.24) is 9.80 Å². The van der Waals surface area contributed by atoms with Crippen molar-refractivity contribution >= 4 is 11.6 Å². The fourth-order valence-electron chi connectivity index (χ4n) is 4.81. The quantitative estimate of drug-likeness (QED) is 0.902. The number of β-amino-alcohol motifs (C(OH)–C–C–N with tert-alkyl or cyclic N) is 1. The van der Waals surface area contributed by atoms with E-state index >= 15 is 0 Å². The lowest BCUT2D eigenvalue weighted by molar-refractivity contribution is 0.0241. The lowest BCUT2D eigenvalue weighted by Gasteiger charge is -2.41. The van der Waals surface area contributed by atoms with E-state index in [-0.39, 0.29) is 12.0 Å². The van der Waals surface area contributed by atoms with E-state index in [9.17, 15) is 9.90 Å². The number of amides is 1. The zero-order valence-electron chi connectivity index (χ0n) is 15.6. The van der Waals surface area contributed by atoms with Crippen LogP contribution < -0.4 is 4.90 Å². The number of rotatable bonds is 3. The van der Waals surface area contributed by atoms with Crippen LogP contribution in [0.2, 0.25) is 0 Å². The predicted molar refractivity (Wildman–Crippen MR) is 104 cm³/mol. The molecule has 1 aromatic rings. The molecule has 1 atom stereocenters. The number of benzene rings is 1. The van der Waals surface area contributed by atoms with Gasteiger partial charge in [-0.3, -0.25) is 9.69 Å². The van der Waals surface area contributed by atoms with E-state index in [0.29, 0.717) is 6.04 Å². The number of likely N-dealkylation sites (tertiary alicyclic amines) is 2. The van der Waals surface area contributed by atoms with Crippen molar-refractivity contribution in [1.29, 1.82) is 0 Å². The second kappa shape index (κ2) is 7.97. The van der Waals surface area contributed by atoms with Crippen molar-refractivity contribution in [3.05, 3.63) is 29.8 Å². The van der Waals surface area contributed by atoms with E-state index in [4.69, 9.17) is 0 Å². The zero-order valence-corrected chi connectivity index (χ0v) is 15.6. The Kier molecular flexibility index (Phi) is 5.46. The smallest absolute Gasteiger partial charge is 0.255 e. The zero-order chi connectivity index (χ0) is 17.9. The molecule has 1 aromatic carbocycles. The fourth-order valence-corrected chi connectivity index (χ4v) is 4.81. The monoisotopic (exact) mass is 357 g/mol. The Morgan fingerprint density at radius 3 is 2.38 bits per heavy atom. The minimum atomic E-state index is -0.171. The topological polar surface area (TPSA) is 47.0 Å². The molecule has 3 aliphatic heterocycles. The Labute approximate surface area is 156 Å². The lowest BCUT2D eigenvalue weighted by atomic mass is 9.98.